The van der Waals surface area contributed by atoms with Crippen molar-refractivity contribution in [3.8, 4) is 17.4 Å². The topological polar surface area (TPSA) is 106 Å². The number of carbonyl (C=O) groups excluding carboxylic acids is 1. The molecule has 33 heavy (non-hydrogen) atoms. The molecule has 8 nitrogen and oxygen atoms in total. The second-order valence-electron chi connectivity index (χ2n) is 8.90. The standard InChI is InChI=1S/C25H27N5O3/c1-5-7-18-14-22(31)28-24(26-18)30-21(15-19(29-30)20-8-6-13-33-20)27-23(32)16-9-11-17(12-10-16)25(2,3)4/h6,8-15H,5,7H2,1-4H3,(H,27,32)(H,26,28,31). The van der Waals surface area contributed by atoms with Gasteiger partial charge in [-0.3, -0.25) is 14.6 Å². The molecule has 0 aliphatic heterocycles. The molecule has 0 atom stereocenters. The third-order valence-electron chi connectivity index (χ3n) is 5.23. The van der Waals surface area contributed by atoms with Crippen molar-refractivity contribution in [2.75, 3.05) is 5.32 Å². The molecule has 0 fully saturated rings. The largest absolute Gasteiger partial charge is 0.463 e. The number of aryl methyl sites for hydroxylation is 1. The summed E-state index contributed by atoms with van der Waals surface area (Å²) in [6.07, 6.45) is 3.05. The fourth-order valence-corrected chi connectivity index (χ4v) is 3.46. The molecular weight excluding hydrogens is 418 g/mol. The van der Waals surface area contributed by atoms with Gasteiger partial charge in [0.25, 0.3) is 11.5 Å². The average molecular weight is 446 g/mol. The van der Waals surface area contributed by atoms with E-state index in [1.807, 2.05) is 19.1 Å². The molecule has 0 saturated heterocycles. The van der Waals surface area contributed by atoms with Crippen LogP contribution in [0.4, 0.5) is 5.82 Å². The molecule has 0 radical (unpaired) electrons. The SMILES string of the molecule is CCCc1cc(=O)[nH]c(-n2nc(-c3ccco3)cc2NC(=O)c2ccc(C(C)(C)C)cc2)n1. The van der Waals surface area contributed by atoms with E-state index in [1.54, 1.807) is 36.6 Å². The van der Waals surface area contributed by atoms with Gasteiger partial charge in [0.1, 0.15) is 11.5 Å². The van der Waals surface area contributed by atoms with Gasteiger partial charge < -0.3 is 9.73 Å². The highest BCUT2D eigenvalue weighted by Crippen LogP contribution is 2.25. The minimum atomic E-state index is -0.297. The maximum absolute atomic E-state index is 13.0. The van der Waals surface area contributed by atoms with Crippen LogP contribution in [0.25, 0.3) is 17.4 Å². The Morgan fingerprint density at radius 2 is 1.91 bits per heavy atom. The van der Waals surface area contributed by atoms with Crippen LogP contribution in [-0.2, 0) is 11.8 Å². The fraction of sp³-hybridized carbons (Fsp3) is 0.280. The molecule has 3 heterocycles. The Hall–Kier alpha value is -3.94. The van der Waals surface area contributed by atoms with Crippen LogP contribution in [0.5, 0.6) is 0 Å². The van der Waals surface area contributed by atoms with Crippen molar-refractivity contribution >= 4 is 11.7 Å². The lowest BCUT2D eigenvalue weighted by Gasteiger charge is -2.19. The van der Waals surface area contributed by atoms with E-state index in [0.29, 0.717) is 35.0 Å². The summed E-state index contributed by atoms with van der Waals surface area (Å²) in [5.41, 5.74) is 2.51. The Kier molecular flexibility index (Phi) is 6.00. The molecule has 3 aromatic heterocycles. The van der Waals surface area contributed by atoms with Crippen LogP contribution in [-0.4, -0.2) is 25.7 Å². The maximum atomic E-state index is 13.0. The number of amides is 1. The van der Waals surface area contributed by atoms with E-state index >= 15 is 0 Å². The average Bonchev–Trinajstić information content (AvgIpc) is 3.43. The summed E-state index contributed by atoms with van der Waals surface area (Å²) in [6.45, 7) is 8.38. The Morgan fingerprint density at radius 3 is 2.55 bits per heavy atom. The second kappa shape index (κ2) is 8.90. The van der Waals surface area contributed by atoms with E-state index in [-0.39, 0.29) is 22.8 Å². The van der Waals surface area contributed by atoms with Crippen molar-refractivity contribution in [3.05, 3.63) is 82.0 Å². The van der Waals surface area contributed by atoms with Crippen LogP contribution in [0.3, 0.4) is 0 Å². The third kappa shape index (κ3) is 4.95. The normalized spacial score (nSPS) is 11.5. The zero-order chi connectivity index (χ0) is 23.6. The Balaban J connectivity index is 1.72. The molecule has 0 aliphatic carbocycles. The van der Waals surface area contributed by atoms with Crippen LogP contribution in [0.2, 0.25) is 0 Å². The first kappa shape index (κ1) is 22.3. The van der Waals surface area contributed by atoms with E-state index in [0.717, 1.165) is 12.0 Å². The highest BCUT2D eigenvalue weighted by Gasteiger charge is 2.19. The number of aromatic nitrogens is 4. The molecule has 0 bridgehead atoms. The molecule has 0 spiro atoms. The summed E-state index contributed by atoms with van der Waals surface area (Å²) in [5, 5.41) is 7.43. The van der Waals surface area contributed by atoms with Gasteiger partial charge in [0.05, 0.1) is 6.26 Å². The maximum Gasteiger partial charge on any atom is 0.256 e. The highest BCUT2D eigenvalue weighted by molar-refractivity contribution is 6.04. The number of nitrogens with one attached hydrogen (secondary N) is 2. The van der Waals surface area contributed by atoms with E-state index in [9.17, 15) is 9.59 Å². The number of rotatable bonds is 6. The summed E-state index contributed by atoms with van der Waals surface area (Å²) in [7, 11) is 0. The lowest BCUT2D eigenvalue weighted by Crippen LogP contribution is -2.19. The van der Waals surface area contributed by atoms with Gasteiger partial charge in [-0.1, -0.05) is 46.2 Å². The molecular formula is C25H27N5O3. The molecule has 4 aromatic rings. The quantitative estimate of drug-likeness (QED) is 0.447. The van der Waals surface area contributed by atoms with Crippen LogP contribution in [0, 0.1) is 0 Å². The summed E-state index contributed by atoms with van der Waals surface area (Å²) >= 11 is 0. The number of aromatic amines is 1. The number of H-pyrrole nitrogens is 1. The summed E-state index contributed by atoms with van der Waals surface area (Å²) < 4.78 is 6.88. The minimum Gasteiger partial charge on any atom is -0.463 e. The van der Waals surface area contributed by atoms with Crippen molar-refractivity contribution < 1.29 is 9.21 Å². The van der Waals surface area contributed by atoms with E-state index < -0.39 is 0 Å². The minimum absolute atomic E-state index is 0.00733. The van der Waals surface area contributed by atoms with Gasteiger partial charge >= 0.3 is 0 Å². The highest BCUT2D eigenvalue weighted by atomic mass is 16.3. The van der Waals surface area contributed by atoms with Crippen molar-refractivity contribution in [2.24, 2.45) is 0 Å². The number of hydrogen-bond donors (Lipinski definition) is 2. The predicted octanol–water partition coefficient (Wildman–Crippen LogP) is 4.72. The molecule has 4 rings (SSSR count). The van der Waals surface area contributed by atoms with Gasteiger partial charge in [-0.2, -0.15) is 9.78 Å². The van der Waals surface area contributed by atoms with Crippen LogP contribution < -0.4 is 10.9 Å². The number of anilines is 1. The summed E-state index contributed by atoms with van der Waals surface area (Å²) in [5.74, 6) is 0.825. The van der Waals surface area contributed by atoms with Crippen LogP contribution in [0.1, 0.15) is 55.7 Å². The number of carbonyl (C=O) groups is 1. The van der Waals surface area contributed by atoms with Crippen molar-refractivity contribution in [1.29, 1.82) is 0 Å². The van der Waals surface area contributed by atoms with Gasteiger partial charge in [0.2, 0.25) is 5.95 Å². The van der Waals surface area contributed by atoms with Gasteiger partial charge in [-0.25, -0.2) is 4.98 Å². The van der Waals surface area contributed by atoms with Crippen molar-refractivity contribution in [1.82, 2.24) is 19.7 Å². The van der Waals surface area contributed by atoms with Gasteiger partial charge in [0.15, 0.2) is 5.76 Å². The first-order valence-electron chi connectivity index (χ1n) is 10.9. The van der Waals surface area contributed by atoms with E-state index in [2.05, 4.69) is 41.2 Å². The predicted molar refractivity (Wildman–Crippen MR) is 127 cm³/mol. The molecule has 0 unspecified atom stereocenters. The lowest BCUT2D eigenvalue weighted by atomic mass is 9.87. The number of benzene rings is 1. The molecule has 8 heteroatoms. The van der Waals surface area contributed by atoms with Gasteiger partial charge in [-0.05, 0) is 41.7 Å². The summed E-state index contributed by atoms with van der Waals surface area (Å²) in [6, 6.07) is 14.2. The molecule has 2 N–H and O–H groups in total. The zero-order valence-electron chi connectivity index (χ0n) is 19.2. The molecule has 0 aliphatic rings. The third-order valence-corrected chi connectivity index (χ3v) is 5.23. The molecule has 1 amide bonds. The number of furan rings is 1. The van der Waals surface area contributed by atoms with Crippen molar-refractivity contribution in [3.63, 3.8) is 0 Å². The monoisotopic (exact) mass is 445 g/mol. The number of hydrogen-bond acceptors (Lipinski definition) is 5. The Labute approximate surface area is 191 Å². The molecule has 0 saturated carbocycles. The Bertz CT molecular complexity index is 1310. The molecule has 1 aromatic carbocycles. The second-order valence-corrected chi connectivity index (χ2v) is 8.90. The lowest BCUT2D eigenvalue weighted by molar-refractivity contribution is 0.102. The zero-order valence-corrected chi connectivity index (χ0v) is 19.2. The summed E-state index contributed by atoms with van der Waals surface area (Å²) in [4.78, 5) is 32.5. The first-order chi connectivity index (χ1) is 15.7. The van der Waals surface area contributed by atoms with E-state index in [1.165, 1.54) is 10.7 Å². The first-order valence-corrected chi connectivity index (χ1v) is 10.9. The Morgan fingerprint density at radius 1 is 1.15 bits per heavy atom. The smallest absolute Gasteiger partial charge is 0.256 e. The van der Waals surface area contributed by atoms with Crippen LogP contribution >= 0.6 is 0 Å². The van der Waals surface area contributed by atoms with Crippen LogP contribution in [0.15, 0.2) is 64.0 Å². The van der Waals surface area contributed by atoms with Gasteiger partial charge in [0, 0.05) is 23.4 Å². The van der Waals surface area contributed by atoms with E-state index in [4.69, 9.17) is 4.42 Å². The number of nitrogens with zero attached hydrogens (tertiary/aromatic N) is 3. The van der Waals surface area contributed by atoms with Crippen molar-refractivity contribution in [2.45, 2.75) is 46.0 Å². The fourth-order valence-electron chi connectivity index (χ4n) is 3.46. The van der Waals surface area contributed by atoms with Gasteiger partial charge in [-0.15, -0.1) is 0 Å². The molecule has 170 valence electrons.